The second-order valence-electron chi connectivity index (χ2n) is 6.23. The van der Waals surface area contributed by atoms with Gasteiger partial charge in [-0.05, 0) is 26.3 Å². The number of nitro benzene ring substituents is 1. The summed E-state index contributed by atoms with van der Waals surface area (Å²) in [6.45, 7) is 4.81. The largest absolute Gasteiger partial charge is 0.433 e. The van der Waals surface area contributed by atoms with Crippen LogP contribution in [0, 0.1) is 17.0 Å². The van der Waals surface area contributed by atoms with Crippen molar-refractivity contribution in [2.75, 3.05) is 4.90 Å². The van der Waals surface area contributed by atoms with Gasteiger partial charge < -0.3 is 4.74 Å². The minimum Gasteiger partial charge on any atom is -0.433 e. The molecule has 1 aliphatic rings. The van der Waals surface area contributed by atoms with E-state index < -0.39 is 22.5 Å². The number of nitrogens with zero attached hydrogens (tertiary/aromatic N) is 3. The summed E-state index contributed by atoms with van der Waals surface area (Å²) < 4.78 is 6.60. The molecule has 1 aromatic heterocycles. The van der Waals surface area contributed by atoms with E-state index in [0.29, 0.717) is 11.4 Å². The fourth-order valence-electron chi connectivity index (χ4n) is 2.61. The lowest BCUT2D eigenvalue weighted by atomic mass is 10.1. The number of cyclic esters (lactones) is 1. The SMILES string of the molecule is Cc1ccc(-[n+]2ccc(N3C(=O)OC(C)(C)C3=O)cc2)c([N+](=O)[O-])c1. The Labute approximate surface area is 143 Å². The van der Waals surface area contributed by atoms with Gasteiger partial charge in [-0.3, -0.25) is 14.9 Å². The third kappa shape index (κ3) is 2.82. The average Bonchev–Trinajstić information content (AvgIpc) is 2.75. The summed E-state index contributed by atoms with van der Waals surface area (Å²) in [5, 5.41) is 11.3. The Bertz CT molecular complexity index is 890. The van der Waals surface area contributed by atoms with Crippen molar-refractivity contribution < 1.29 is 23.8 Å². The number of ether oxygens (including phenoxy) is 1. The minimum atomic E-state index is -1.21. The first kappa shape index (κ1) is 16.6. The van der Waals surface area contributed by atoms with Crippen LogP contribution in [0.5, 0.6) is 0 Å². The van der Waals surface area contributed by atoms with E-state index >= 15 is 0 Å². The van der Waals surface area contributed by atoms with E-state index in [1.807, 2.05) is 0 Å². The molecule has 8 heteroatoms. The minimum absolute atomic E-state index is 0.0319. The Kier molecular flexibility index (Phi) is 3.75. The zero-order valence-corrected chi connectivity index (χ0v) is 13.9. The summed E-state index contributed by atoms with van der Waals surface area (Å²) in [6, 6.07) is 7.97. The Morgan fingerprint density at radius 2 is 1.80 bits per heavy atom. The standard InChI is InChI=1S/C17H16N3O5/c1-11-4-5-13(14(10-11)20(23)24)18-8-6-12(7-9-18)19-15(21)17(2,3)25-16(19)22/h4-10H,1-3H3/q+1. The summed E-state index contributed by atoms with van der Waals surface area (Å²) in [7, 11) is 0. The van der Waals surface area contributed by atoms with Gasteiger partial charge in [-0.2, -0.15) is 4.57 Å². The summed E-state index contributed by atoms with van der Waals surface area (Å²) in [5.41, 5.74) is 0.263. The van der Waals surface area contributed by atoms with Crippen molar-refractivity contribution in [1.82, 2.24) is 0 Å². The first-order chi connectivity index (χ1) is 11.7. The monoisotopic (exact) mass is 342 g/mol. The highest BCUT2D eigenvalue weighted by atomic mass is 16.6. The molecule has 1 aliphatic heterocycles. The number of nitro groups is 1. The zero-order chi connectivity index (χ0) is 18.4. The molecule has 0 unspecified atom stereocenters. The third-order valence-electron chi connectivity index (χ3n) is 3.92. The van der Waals surface area contributed by atoms with Gasteiger partial charge in [0.05, 0.1) is 10.6 Å². The highest BCUT2D eigenvalue weighted by molar-refractivity contribution is 6.19. The molecular weight excluding hydrogens is 326 g/mol. The van der Waals surface area contributed by atoms with Gasteiger partial charge in [-0.25, -0.2) is 9.69 Å². The maximum atomic E-state index is 12.3. The molecule has 0 saturated carbocycles. The molecule has 0 atom stereocenters. The van der Waals surface area contributed by atoms with E-state index in [-0.39, 0.29) is 5.69 Å². The van der Waals surface area contributed by atoms with Crippen LogP contribution in [-0.2, 0) is 9.53 Å². The van der Waals surface area contributed by atoms with Crippen molar-refractivity contribution in [1.29, 1.82) is 0 Å². The fourth-order valence-corrected chi connectivity index (χ4v) is 2.61. The molecule has 3 rings (SSSR count). The molecule has 1 aromatic carbocycles. The molecule has 8 nitrogen and oxygen atoms in total. The van der Waals surface area contributed by atoms with Crippen LogP contribution >= 0.6 is 0 Å². The van der Waals surface area contributed by atoms with Crippen molar-refractivity contribution in [2.24, 2.45) is 0 Å². The lowest BCUT2D eigenvalue weighted by Crippen LogP contribution is -2.37. The summed E-state index contributed by atoms with van der Waals surface area (Å²) >= 11 is 0. The number of carbonyl (C=O) groups is 2. The summed E-state index contributed by atoms with van der Waals surface area (Å²) in [5.74, 6) is -0.462. The van der Waals surface area contributed by atoms with Crippen molar-refractivity contribution in [3.05, 3.63) is 58.4 Å². The van der Waals surface area contributed by atoms with Crippen LogP contribution in [0.15, 0.2) is 42.7 Å². The molecule has 2 heterocycles. The molecule has 0 bridgehead atoms. The Balaban J connectivity index is 1.98. The van der Waals surface area contributed by atoms with E-state index in [4.69, 9.17) is 4.74 Å². The number of aryl methyl sites for hydroxylation is 1. The van der Waals surface area contributed by atoms with Crippen molar-refractivity contribution in [2.45, 2.75) is 26.4 Å². The van der Waals surface area contributed by atoms with E-state index in [1.165, 1.54) is 32.0 Å². The van der Waals surface area contributed by atoms with Crippen molar-refractivity contribution in [3.8, 4) is 5.69 Å². The molecule has 1 saturated heterocycles. The smallest absolute Gasteiger partial charge is 0.422 e. The number of anilines is 1. The van der Waals surface area contributed by atoms with Gasteiger partial charge in [-0.1, -0.05) is 6.07 Å². The number of imide groups is 1. The van der Waals surface area contributed by atoms with Crippen molar-refractivity contribution >= 4 is 23.4 Å². The second-order valence-corrected chi connectivity index (χ2v) is 6.23. The number of amides is 2. The predicted octanol–water partition coefficient (Wildman–Crippen LogP) is 2.44. The number of carbonyl (C=O) groups excluding carboxylic acids is 2. The number of hydrogen-bond donors (Lipinski definition) is 0. The maximum absolute atomic E-state index is 12.3. The van der Waals surface area contributed by atoms with Gasteiger partial charge in [0.2, 0.25) is 0 Å². The number of pyridine rings is 1. The van der Waals surface area contributed by atoms with Crippen LogP contribution in [0.1, 0.15) is 19.4 Å². The number of rotatable bonds is 3. The van der Waals surface area contributed by atoms with Gasteiger partial charge in [0.1, 0.15) is 0 Å². The number of benzene rings is 1. The van der Waals surface area contributed by atoms with Gasteiger partial charge >= 0.3 is 11.8 Å². The van der Waals surface area contributed by atoms with Crippen LogP contribution in [0.3, 0.4) is 0 Å². The molecule has 1 fully saturated rings. The maximum Gasteiger partial charge on any atom is 0.422 e. The van der Waals surface area contributed by atoms with Crippen molar-refractivity contribution in [3.63, 3.8) is 0 Å². The van der Waals surface area contributed by atoms with Gasteiger partial charge in [0, 0.05) is 24.3 Å². The van der Waals surface area contributed by atoms with E-state index in [9.17, 15) is 19.7 Å². The van der Waals surface area contributed by atoms with Gasteiger partial charge in [-0.15, -0.1) is 0 Å². The van der Waals surface area contributed by atoms with E-state index in [2.05, 4.69) is 0 Å². The topological polar surface area (TPSA) is 93.6 Å². The van der Waals surface area contributed by atoms with Crippen LogP contribution in [0.2, 0.25) is 0 Å². The van der Waals surface area contributed by atoms with Crippen LogP contribution in [-0.4, -0.2) is 22.5 Å². The first-order valence-corrected chi connectivity index (χ1v) is 7.55. The molecule has 0 radical (unpaired) electrons. The fraction of sp³-hybridized carbons (Fsp3) is 0.235. The van der Waals surface area contributed by atoms with Gasteiger partial charge in [0.25, 0.3) is 11.6 Å². The third-order valence-corrected chi connectivity index (χ3v) is 3.92. The molecule has 0 aliphatic carbocycles. The quantitative estimate of drug-likeness (QED) is 0.485. The zero-order valence-electron chi connectivity index (χ0n) is 13.9. The summed E-state index contributed by atoms with van der Waals surface area (Å²) in [6.07, 6.45) is 2.37. The molecule has 25 heavy (non-hydrogen) atoms. The summed E-state index contributed by atoms with van der Waals surface area (Å²) in [4.78, 5) is 35.9. The van der Waals surface area contributed by atoms with Crippen LogP contribution in [0.4, 0.5) is 16.2 Å². The predicted molar refractivity (Wildman–Crippen MR) is 87.4 cm³/mol. The van der Waals surface area contributed by atoms with E-state index in [1.54, 1.807) is 36.0 Å². The molecule has 2 amide bonds. The lowest BCUT2D eigenvalue weighted by Gasteiger charge is -2.13. The Morgan fingerprint density at radius 1 is 1.16 bits per heavy atom. The highest BCUT2D eigenvalue weighted by Gasteiger charge is 2.48. The highest BCUT2D eigenvalue weighted by Crippen LogP contribution is 2.28. The molecule has 128 valence electrons. The molecule has 2 aromatic rings. The normalized spacial score (nSPS) is 16.0. The first-order valence-electron chi connectivity index (χ1n) is 7.55. The number of hydrogen-bond acceptors (Lipinski definition) is 5. The molecule has 0 N–H and O–H groups in total. The molecule has 0 spiro atoms. The van der Waals surface area contributed by atoms with Crippen LogP contribution < -0.4 is 9.47 Å². The molecular formula is C17H16N3O5+. The van der Waals surface area contributed by atoms with Crippen LogP contribution in [0.25, 0.3) is 5.69 Å². The second kappa shape index (κ2) is 5.66. The lowest BCUT2D eigenvalue weighted by molar-refractivity contribution is -0.600. The number of aromatic nitrogens is 1. The Morgan fingerprint density at radius 3 is 2.32 bits per heavy atom. The Hall–Kier alpha value is -3.29. The van der Waals surface area contributed by atoms with E-state index in [0.717, 1.165) is 10.5 Å². The average molecular weight is 342 g/mol. The van der Waals surface area contributed by atoms with Gasteiger partial charge in [0.15, 0.2) is 18.0 Å².